The molecule has 1 atom stereocenters. The van der Waals surface area contributed by atoms with Crippen LogP contribution in [0, 0.1) is 0 Å². The summed E-state index contributed by atoms with van der Waals surface area (Å²) in [4.78, 5) is 36.9. The lowest BCUT2D eigenvalue weighted by Crippen LogP contribution is -2.36. The van der Waals surface area contributed by atoms with Crippen LogP contribution < -0.4 is 5.56 Å². The van der Waals surface area contributed by atoms with Crippen LogP contribution in [0.5, 0.6) is 0 Å². The number of aromatic amines is 1. The lowest BCUT2D eigenvalue weighted by Gasteiger charge is -2.24. The van der Waals surface area contributed by atoms with Gasteiger partial charge in [-0.2, -0.15) is 13.2 Å². The van der Waals surface area contributed by atoms with Crippen molar-refractivity contribution in [2.45, 2.75) is 81.5 Å². The molecule has 206 valence electrons. The lowest BCUT2D eigenvalue weighted by molar-refractivity contribution is -0.142. The van der Waals surface area contributed by atoms with E-state index in [2.05, 4.69) is 16.4 Å². The first-order valence-corrected chi connectivity index (χ1v) is 14.4. The Labute approximate surface area is 227 Å². The molecule has 6 rings (SSSR count). The van der Waals surface area contributed by atoms with Gasteiger partial charge in [-0.1, -0.05) is 25.0 Å². The number of aliphatic hydroxyl groups excluding tert-OH is 1. The number of fused-ring (bicyclic) bond motifs is 1. The molecule has 2 aliphatic carbocycles. The highest BCUT2D eigenvalue weighted by Gasteiger charge is 2.50. The molecule has 39 heavy (non-hydrogen) atoms. The standard InChI is InChI=1S/C29H30F3N3O3S/c30-29(31,32)20-8-3-7-18(13-20)24(36)26(38)35-12-4-9-22-21(15-35)25(37)34-27(33-22)28(10-11-28)23-14-19(16-39-23)17-5-1-2-6-17/h3,7-8,13-14,16-17,24,36H,1-2,4-6,9-12,15H2,(H,33,34,37)/t24-/m1/s1. The summed E-state index contributed by atoms with van der Waals surface area (Å²) in [6.45, 7) is 0.214. The number of carbonyl (C=O) groups excluding carboxylic acids is 1. The molecule has 2 N–H and O–H groups in total. The lowest BCUT2D eigenvalue weighted by atomic mass is 9.97. The third-order valence-corrected chi connectivity index (χ3v) is 9.64. The zero-order valence-electron chi connectivity index (χ0n) is 21.4. The van der Waals surface area contributed by atoms with E-state index in [1.165, 1.54) is 53.2 Å². The van der Waals surface area contributed by atoms with Crippen molar-refractivity contribution < 1.29 is 23.1 Å². The number of aliphatic hydroxyl groups is 1. The third kappa shape index (κ3) is 4.93. The van der Waals surface area contributed by atoms with E-state index in [-0.39, 0.29) is 29.6 Å². The van der Waals surface area contributed by atoms with Crippen molar-refractivity contribution in [2.75, 3.05) is 6.54 Å². The van der Waals surface area contributed by atoms with Gasteiger partial charge in [-0.05, 0) is 79.1 Å². The largest absolute Gasteiger partial charge is 0.416 e. The van der Waals surface area contributed by atoms with Gasteiger partial charge in [0.1, 0.15) is 5.82 Å². The maximum atomic E-state index is 13.3. The smallest absolute Gasteiger partial charge is 0.378 e. The van der Waals surface area contributed by atoms with Crippen molar-refractivity contribution in [3.05, 3.63) is 84.7 Å². The predicted octanol–water partition coefficient (Wildman–Crippen LogP) is 5.60. The molecule has 10 heteroatoms. The first-order valence-electron chi connectivity index (χ1n) is 13.5. The van der Waals surface area contributed by atoms with Crippen molar-refractivity contribution in [2.24, 2.45) is 0 Å². The van der Waals surface area contributed by atoms with Gasteiger partial charge < -0.3 is 15.0 Å². The monoisotopic (exact) mass is 557 g/mol. The fraction of sp³-hybridized carbons (Fsp3) is 0.483. The van der Waals surface area contributed by atoms with E-state index in [0.29, 0.717) is 35.8 Å². The summed E-state index contributed by atoms with van der Waals surface area (Å²) < 4.78 is 39.4. The van der Waals surface area contributed by atoms with Crippen molar-refractivity contribution in [1.29, 1.82) is 0 Å². The molecule has 1 aromatic carbocycles. The molecule has 0 unspecified atom stereocenters. The van der Waals surface area contributed by atoms with Crippen LogP contribution in [-0.2, 0) is 29.4 Å². The molecule has 2 saturated carbocycles. The summed E-state index contributed by atoms with van der Waals surface area (Å²) in [5.74, 6) is 0.567. The fourth-order valence-electron chi connectivity index (χ4n) is 6.04. The Hall–Kier alpha value is -2.98. The van der Waals surface area contributed by atoms with E-state index in [0.717, 1.165) is 25.0 Å². The van der Waals surface area contributed by atoms with Gasteiger partial charge in [0.15, 0.2) is 6.10 Å². The number of carbonyl (C=O) groups is 1. The van der Waals surface area contributed by atoms with Gasteiger partial charge in [0.2, 0.25) is 0 Å². The van der Waals surface area contributed by atoms with Crippen LogP contribution in [0.3, 0.4) is 0 Å². The van der Waals surface area contributed by atoms with E-state index in [1.54, 1.807) is 11.3 Å². The summed E-state index contributed by atoms with van der Waals surface area (Å²) in [6, 6.07) is 6.44. The van der Waals surface area contributed by atoms with Crippen molar-refractivity contribution in [3.63, 3.8) is 0 Å². The van der Waals surface area contributed by atoms with Crippen LogP contribution in [-0.4, -0.2) is 32.4 Å². The first kappa shape index (κ1) is 26.3. The molecule has 6 nitrogen and oxygen atoms in total. The summed E-state index contributed by atoms with van der Waals surface area (Å²) in [6.07, 6.45) is 1.54. The Morgan fingerprint density at radius 1 is 1.18 bits per heavy atom. The number of thiophene rings is 1. The van der Waals surface area contributed by atoms with Crippen molar-refractivity contribution in [3.8, 4) is 0 Å². The Bertz CT molecular complexity index is 1450. The second-order valence-electron chi connectivity index (χ2n) is 11.0. The zero-order valence-corrected chi connectivity index (χ0v) is 22.2. The van der Waals surface area contributed by atoms with E-state index < -0.39 is 23.8 Å². The zero-order chi connectivity index (χ0) is 27.4. The average Bonchev–Trinajstić information content (AvgIpc) is 3.34. The van der Waals surface area contributed by atoms with Crippen LogP contribution >= 0.6 is 11.3 Å². The molecule has 2 fully saturated rings. The Kier molecular flexibility index (Phi) is 6.66. The minimum atomic E-state index is -4.59. The average molecular weight is 558 g/mol. The molecule has 3 aliphatic rings. The molecule has 0 spiro atoms. The minimum Gasteiger partial charge on any atom is -0.378 e. The fourth-order valence-corrected chi connectivity index (χ4v) is 7.29. The van der Waals surface area contributed by atoms with Crippen LogP contribution in [0.25, 0.3) is 0 Å². The molecular weight excluding hydrogens is 527 g/mol. The van der Waals surface area contributed by atoms with Crippen LogP contribution in [0.4, 0.5) is 13.2 Å². The highest BCUT2D eigenvalue weighted by molar-refractivity contribution is 7.10. The summed E-state index contributed by atoms with van der Waals surface area (Å²) in [5, 5.41) is 12.9. The molecular formula is C29H30F3N3O3S. The number of rotatable bonds is 5. The third-order valence-electron chi connectivity index (χ3n) is 8.49. The highest BCUT2D eigenvalue weighted by atomic mass is 32.1. The normalized spacial score (nSPS) is 19.9. The number of alkyl halides is 3. The molecule has 3 heterocycles. The predicted molar refractivity (Wildman–Crippen MR) is 141 cm³/mol. The molecule has 1 aliphatic heterocycles. The number of halogens is 3. The van der Waals surface area contributed by atoms with Gasteiger partial charge in [-0.3, -0.25) is 9.59 Å². The van der Waals surface area contributed by atoms with E-state index in [1.807, 2.05) is 0 Å². The number of nitrogens with zero attached hydrogens (tertiary/aromatic N) is 2. The second kappa shape index (κ2) is 9.89. The Balaban J connectivity index is 1.23. The van der Waals surface area contributed by atoms with E-state index >= 15 is 0 Å². The number of H-pyrrole nitrogens is 1. The summed E-state index contributed by atoms with van der Waals surface area (Å²) >= 11 is 1.74. The first-order chi connectivity index (χ1) is 18.7. The van der Waals surface area contributed by atoms with Crippen molar-refractivity contribution >= 4 is 17.2 Å². The van der Waals surface area contributed by atoms with Gasteiger partial charge in [-0.15, -0.1) is 11.3 Å². The van der Waals surface area contributed by atoms with Gasteiger partial charge in [0, 0.05) is 11.4 Å². The van der Waals surface area contributed by atoms with E-state index in [4.69, 9.17) is 4.98 Å². The van der Waals surface area contributed by atoms with Crippen LogP contribution in [0.15, 0.2) is 40.5 Å². The van der Waals surface area contributed by atoms with Gasteiger partial charge in [-0.25, -0.2) is 4.98 Å². The van der Waals surface area contributed by atoms with Gasteiger partial charge in [0.25, 0.3) is 11.5 Å². The highest BCUT2D eigenvalue weighted by Crippen LogP contribution is 2.54. The number of amides is 1. The SMILES string of the molecule is O=C([C@H](O)c1cccc(C(F)(F)F)c1)N1CCCc2nc(C3(c4cc(C5CCCC5)cs4)CC3)[nH]c(=O)c2C1. The van der Waals surface area contributed by atoms with Crippen molar-refractivity contribution in [1.82, 2.24) is 14.9 Å². The topological polar surface area (TPSA) is 86.3 Å². The summed E-state index contributed by atoms with van der Waals surface area (Å²) in [5.41, 5.74) is 0.774. The number of aromatic nitrogens is 2. The van der Waals surface area contributed by atoms with Gasteiger partial charge >= 0.3 is 6.18 Å². The molecule has 1 amide bonds. The summed E-state index contributed by atoms with van der Waals surface area (Å²) in [7, 11) is 0. The molecule has 2 aromatic heterocycles. The second-order valence-corrected chi connectivity index (χ2v) is 11.9. The van der Waals surface area contributed by atoms with E-state index in [9.17, 15) is 27.9 Å². The number of hydrogen-bond donors (Lipinski definition) is 2. The quantitative estimate of drug-likeness (QED) is 0.428. The molecule has 0 saturated heterocycles. The number of hydrogen-bond acceptors (Lipinski definition) is 5. The minimum absolute atomic E-state index is 0.0510. The maximum absolute atomic E-state index is 13.3. The number of benzene rings is 1. The number of aryl methyl sites for hydroxylation is 1. The van der Waals surface area contributed by atoms with Crippen LogP contribution in [0.1, 0.15) is 95.6 Å². The number of nitrogens with one attached hydrogen (secondary N) is 1. The molecule has 0 bridgehead atoms. The Morgan fingerprint density at radius 3 is 2.67 bits per heavy atom. The van der Waals surface area contributed by atoms with Crippen LogP contribution in [0.2, 0.25) is 0 Å². The molecule has 3 aromatic rings. The molecule has 0 radical (unpaired) electrons. The van der Waals surface area contributed by atoms with Gasteiger partial charge in [0.05, 0.1) is 28.8 Å². The maximum Gasteiger partial charge on any atom is 0.416 e. The Morgan fingerprint density at radius 2 is 1.95 bits per heavy atom.